The molecule has 0 spiro atoms. The molecule has 3 N–H and O–H groups in total. The topological polar surface area (TPSA) is 38.0 Å². The molecule has 0 radical (unpaired) electrons. The number of allylic oxidation sites excluding steroid dienone is 1. The maximum Gasteiger partial charge on any atom is 0.0536 e. The molecule has 2 aliphatic rings. The summed E-state index contributed by atoms with van der Waals surface area (Å²) in [7, 11) is 0. The zero-order chi connectivity index (χ0) is 9.26. The van der Waals surface area contributed by atoms with Crippen LogP contribution >= 0.6 is 11.6 Å². The molecule has 0 aromatic rings. The maximum absolute atomic E-state index is 6.03. The van der Waals surface area contributed by atoms with Gasteiger partial charge in [-0.15, -0.1) is 11.6 Å². The molecule has 3 atom stereocenters. The van der Waals surface area contributed by atoms with Crippen LogP contribution in [-0.4, -0.2) is 18.0 Å². The lowest BCUT2D eigenvalue weighted by Gasteiger charge is -2.25. The van der Waals surface area contributed by atoms with Gasteiger partial charge >= 0.3 is 0 Å². The Balaban J connectivity index is 2.07. The molecule has 0 saturated heterocycles. The first-order chi connectivity index (χ1) is 6.31. The molecule has 0 bridgehead atoms. The normalized spacial score (nSPS) is 36.8. The highest BCUT2D eigenvalue weighted by Crippen LogP contribution is 2.32. The molecular weight excluding hydrogens is 184 g/mol. The highest BCUT2D eigenvalue weighted by atomic mass is 35.5. The Bertz CT molecular complexity index is 247. The largest absolute Gasteiger partial charge is 0.387 e. The standard InChI is InChI=1S/C10H15ClN2/c11-8-1-2-9-7(3-4-12)6-13-10(9)5-8/h1-2,6,8-10,13H,3-5,12H2. The van der Waals surface area contributed by atoms with E-state index in [4.69, 9.17) is 17.3 Å². The molecule has 0 fully saturated rings. The van der Waals surface area contributed by atoms with Crippen LogP contribution in [0.25, 0.3) is 0 Å². The highest BCUT2D eigenvalue weighted by Gasteiger charge is 2.30. The molecule has 13 heavy (non-hydrogen) atoms. The summed E-state index contributed by atoms with van der Waals surface area (Å²) in [6, 6.07) is 0.508. The van der Waals surface area contributed by atoms with Crippen molar-refractivity contribution in [1.82, 2.24) is 5.32 Å². The van der Waals surface area contributed by atoms with E-state index in [1.54, 1.807) is 0 Å². The number of rotatable bonds is 2. The monoisotopic (exact) mass is 198 g/mol. The van der Waals surface area contributed by atoms with Crippen molar-refractivity contribution in [3.8, 4) is 0 Å². The van der Waals surface area contributed by atoms with Crippen LogP contribution in [0.4, 0.5) is 0 Å². The fraction of sp³-hybridized carbons (Fsp3) is 0.600. The van der Waals surface area contributed by atoms with Crippen molar-refractivity contribution in [2.75, 3.05) is 6.54 Å². The summed E-state index contributed by atoms with van der Waals surface area (Å²) in [6.45, 7) is 0.731. The van der Waals surface area contributed by atoms with E-state index in [0.29, 0.717) is 12.0 Å². The Hall–Kier alpha value is -0.470. The van der Waals surface area contributed by atoms with Gasteiger partial charge in [-0.25, -0.2) is 0 Å². The summed E-state index contributed by atoms with van der Waals surface area (Å²) >= 11 is 6.03. The molecule has 0 amide bonds. The summed E-state index contributed by atoms with van der Waals surface area (Å²) in [5.74, 6) is 0.540. The molecule has 0 aromatic heterocycles. The zero-order valence-corrected chi connectivity index (χ0v) is 8.30. The number of hydrogen-bond donors (Lipinski definition) is 2. The third kappa shape index (κ3) is 1.74. The van der Waals surface area contributed by atoms with Gasteiger partial charge < -0.3 is 11.1 Å². The lowest BCUT2D eigenvalue weighted by Crippen LogP contribution is -2.32. The Morgan fingerprint density at radius 2 is 2.38 bits per heavy atom. The molecule has 2 nitrogen and oxygen atoms in total. The van der Waals surface area contributed by atoms with Crippen LogP contribution in [0.2, 0.25) is 0 Å². The maximum atomic E-state index is 6.03. The first-order valence-corrected chi connectivity index (χ1v) is 5.22. The van der Waals surface area contributed by atoms with E-state index < -0.39 is 0 Å². The summed E-state index contributed by atoms with van der Waals surface area (Å²) in [5.41, 5.74) is 6.96. The van der Waals surface area contributed by atoms with Crippen LogP contribution in [0, 0.1) is 5.92 Å². The first kappa shape index (κ1) is 9.10. The minimum atomic E-state index is 0.194. The van der Waals surface area contributed by atoms with Crippen LogP contribution in [0.5, 0.6) is 0 Å². The van der Waals surface area contributed by atoms with Crippen LogP contribution in [0.1, 0.15) is 12.8 Å². The molecule has 2 rings (SSSR count). The van der Waals surface area contributed by atoms with Crippen LogP contribution in [0.3, 0.4) is 0 Å². The van der Waals surface area contributed by atoms with Gasteiger partial charge in [0.2, 0.25) is 0 Å². The Morgan fingerprint density at radius 1 is 1.54 bits per heavy atom. The second-order valence-electron chi connectivity index (χ2n) is 3.69. The smallest absolute Gasteiger partial charge is 0.0536 e. The molecule has 1 aliphatic heterocycles. The summed E-state index contributed by atoms with van der Waals surface area (Å²) in [5, 5.41) is 3.56. The average molecular weight is 199 g/mol. The predicted molar refractivity (Wildman–Crippen MR) is 55.6 cm³/mol. The Morgan fingerprint density at radius 3 is 3.15 bits per heavy atom. The van der Waals surface area contributed by atoms with Crippen molar-refractivity contribution < 1.29 is 0 Å². The van der Waals surface area contributed by atoms with E-state index in [1.807, 2.05) is 0 Å². The molecule has 3 heteroatoms. The number of halogens is 1. The third-order valence-electron chi connectivity index (χ3n) is 2.78. The molecule has 1 heterocycles. The van der Waals surface area contributed by atoms with E-state index in [1.165, 1.54) is 5.57 Å². The molecule has 3 unspecified atom stereocenters. The lowest BCUT2D eigenvalue weighted by molar-refractivity contribution is 0.483. The van der Waals surface area contributed by atoms with Crippen molar-refractivity contribution in [3.05, 3.63) is 23.9 Å². The summed E-state index contributed by atoms with van der Waals surface area (Å²) in [4.78, 5) is 0. The predicted octanol–water partition coefficient (Wildman–Crippen LogP) is 1.37. The van der Waals surface area contributed by atoms with Crippen molar-refractivity contribution in [2.24, 2.45) is 11.7 Å². The summed E-state index contributed by atoms with van der Waals surface area (Å²) in [6.07, 6.45) is 8.44. The van der Waals surface area contributed by atoms with Gasteiger partial charge in [-0.1, -0.05) is 12.2 Å². The number of nitrogens with two attached hydrogens (primary N) is 1. The van der Waals surface area contributed by atoms with E-state index in [0.717, 1.165) is 19.4 Å². The van der Waals surface area contributed by atoms with Gasteiger partial charge in [0.15, 0.2) is 0 Å². The van der Waals surface area contributed by atoms with Crippen LogP contribution in [-0.2, 0) is 0 Å². The highest BCUT2D eigenvalue weighted by molar-refractivity contribution is 6.21. The molecule has 72 valence electrons. The van der Waals surface area contributed by atoms with Crippen molar-refractivity contribution in [1.29, 1.82) is 0 Å². The number of hydrogen-bond acceptors (Lipinski definition) is 2. The Labute approximate surface area is 83.8 Å². The van der Waals surface area contributed by atoms with Crippen LogP contribution < -0.4 is 11.1 Å². The van der Waals surface area contributed by atoms with Gasteiger partial charge in [0.25, 0.3) is 0 Å². The molecule has 1 aliphatic carbocycles. The minimum Gasteiger partial charge on any atom is -0.387 e. The quantitative estimate of drug-likeness (QED) is 0.520. The van der Waals surface area contributed by atoms with Crippen molar-refractivity contribution in [2.45, 2.75) is 24.3 Å². The minimum absolute atomic E-state index is 0.194. The van der Waals surface area contributed by atoms with Crippen molar-refractivity contribution in [3.63, 3.8) is 0 Å². The fourth-order valence-corrected chi connectivity index (χ4v) is 2.39. The summed E-state index contributed by atoms with van der Waals surface area (Å²) < 4.78 is 0. The lowest BCUT2D eigenvalue weighted by atomic mass is 9.86. The molecular formula is C10H15ClN2. The first-order valence-electron chi connectivity index (χ1n) is 4.78. The second-order valence-corrected chi connectivity index (χ2v) is 4.25. The van der Waals surface area contributed by atoms with E-state index in [9.17, 15) is 0 Å². The van der Waals surface area contributed by atoms with Crippen molar-refractivity contribution >= 4 is 11.6 Å². The van der Waals surface area contributed by atoms with E-state index >= 15 is 0 Å². The van der Waals surface area contributed by atoms with Gasteiger partial charge in [0.05, 0.1) is 5.38 Å². The third-order valence-corrected chi connectivity index (χ3v) is 3.11. The van der Waals surface area contributed by atoms with Gasteiger partial charge in [-0.3, -0.25) is 0 Å². The number of fused-ring (bicyclic) bond motifs is 1. The van der Waals surface area contributed by atoms with E-state index in [-0.39, 0.29) is 5.38 Å². The molecule has 0 aromatic carbocycles. The van der Waals surface area contributed by atoms with E-state index in [2.05, 4.69) is 23.7 Å². The zero-order valence-electron chi connectivity index (χ0n) is 7.54. The number of alkyl halides is 1. The average Bonchev–Trinajstić information content (AvgIpc) is 2.49. The fourth-order valence-electron chi connectivity index (χ4n) is 2.11. The Kier molecular flexibility index (Phi) is 2.61. The molecule has 0 saturated carbocycles. The van der Waals surface area contributed by atoms with Gasteiger partial charge in [0.1, 0.15) is 0 Å². The van der Waals surface area contributed by atoms with Crippen LogP contribution in [0.15, 0.2) is 23.9 Å². The second kappa shape index (κ2) is 3.72. The van der Waals surface area contributed by atoms with Gasteiger partial charge in [0, 0.05) is 12.0 Å². The SMILES string of the molecule is NCCC1=CNC2CC(Cl)C=CC12. The van der Waals surface area contributed by atoms with Gasteiger partial charge in [-0.05, 0) is 31.2 Å². The number of nitrogens with one attached hydrogen (secondary N) is 1. The van der Waals surface area contributed by atoms with Gasteiger partial charge in [-0.2, -0.15) is 0 Å².